The molecule has 0 spiro atoms. The third-order valence-electron chi connectivity index (χ3n) is 3.47. The van der Waals surface area contributed by atoms with E-state index in [4.69, 9.17) is 16.3 Å². The van der Waals surface area contributed by atoms with Crippen LogP contribution in [0.5, 0.6) is 5.75 Å². The number of benzene rings is 2. The molecule has 142 valence electrons. The SMILES string of the molecule is COc1ccc(S(=O)(=O)NCCNS(=O)(=O)c2ccc(C)cc2)cc1Cl. The minimum absolute atomic E-state index is 0.0373. The van der Waals surface area contributed by atoms with Crippen LogP contribution < -0.4 is 14.2 Å². The third-order valence-corrected chi connectivity index (χ3v) is 6.71. The molecule has 2 aromatic carbocycles. The Hall–Kier alpha value is -1.65. The van der Waals surface area contributed by atoms with Crippen molar-refractivity contribution in [3.8, 4) is 5.75 Å². The first kappa shape index (κ1) is 20.7. The van der Waals surface area contributed by atoms with E-state index in [-0.39, 0.29) is 27.9 Å². The fourth-order valence-corrected chi connectivity index (χ4v) is 4.48. The number of nitrogens with one attached hydrogen (secondary N) is 2. The van der Waals surface area contributed by atoms with Gasteiger partial charge in [-0.2, -0.15) is 0 Å². The highest BCUT2D eigenvalue weighted by atomic mass is 35.5. The van der Waals surface area contributed by atoms with Gasteiger partial charge in [-0.05, 0) is 37.3 Å². The van der Waals surface area contributed by atoms with Crippen LogP contribution in [0.4, 0.5) is 0 Å². The molecule has 7 nitrogen and oxygen atoms in total. The maximum atomic E-state index is 12.2. The van der Waals surface area contributed by atoms with Crippen molar-refractivity contribution in [2.24, 2.45) is 0 Å². The zero-order valence-corrected chi connectivity index (χ0v) is 16.6. The zero-order valence-electron chi connectivity index (χ0n) is 14.2. The van der Waals surface area contributed by atoms with Crippen LogP contribution in [0.1, 0.15) is 5.56 Å². The Morgan fingerprint density at radius 1 is 0.885 bits per heavy atom. The third kappa shape index (κ3) is 5.18. The van der Waals surface area contributed by atoms with Gasteiger partial charge in [-0.1, -0.05) is 29.3 Å². The molecular formula is C16H19ClN2O5S2. The van der Waals surface area contributed by atoms with E-state index < -0.39 is 20.0 Å². The highest BCUT2D eigenvalue weighted by Gasteiger charge is 2.17. The van der Waals surface area contributed by atoms with Gasteiger partial charge >= 0.3 is 0 Å². The van der Waals surface area contributed by atoms with Gasteiger partial charge in [0.15, 0.2) is 0 Å². The second-order valence-electron chi connectivity index (χ2n) is 5.40. The van der Waals surface area contributed by atoms with E-state index in [1.165, 1.54) is 37.4 Å². The molecule has 2 aromatic rings. The van der Waals surface area contributed by atoms with E-state index in [2.05, 4.69) is 9.44 Å². The first-order valence-electron chi connectivity index (χ1n) is 7.55. The molecule has 0 saturated heterocycles. The maximum Gasteiger partial charge on any atom is 0.240 e. The van der Waals surface area contributed by atoms with Crippen molar-refractivity contribution in [3.63, 3.8) is 0 Å². The maximum absolute atomic E-state index is 12.2. The van der Waals surface area contributed by atoms with E-state index >= 15 is 0 Å². The average molecular weight is 419 g/mol. The quantitative estimate of drug-likeness (QED) is 0.637. The van der Waals surface area contributed by atoms with Crippen LogP contribution in [0.25, 0.3) is 0 Å². The van der Waals surface area contributed by atoms with Crippen molar-refractivity contribution in [1.29, 1.82) is 0 Å². The highest BCUT2D eigenvalue weighted by Crippen LogP contribution is 2.26. The number of sulfonamides is 2. The summed E-state index contributed by atoms with van der Waals surface area (Å²) in [7, 11) is -6.09. The summed E-state index contributed by atoms with van der Waals surface area (Å²) < 4.78 is 58.4. The van der Waals surface area contributed by atoms with Gasteiger partial charge in [0.1, 0.15) is 5.75 Å². The minimum Gasteiger partial charge on any atom is -0.495 e. The molecule has 0 saturated carbocycles. The Bertz CT molecular complexity index is 974. The summed E-state index contributed by atoms with van der Waals surface area (Å²) in [5, 5.41) is 0.162. The van der Waals surface area contributed by atoms with Crippen LogP contribution in [0, 0.1) is 6.92 Å². The van der Waals surface area contributed by atoms with Gasteiger partial charge < -0.3 is 4.74 Å². The molecule has 2 rings (SSSR count). The van der Waals surface area contributed by atoms with E-state index in [1.54, 1.807) is 12.1 Å². The standard InChI is InChI=1S/C16H19ClN2O5S2/c1-12-3-5-13(6-4-12)25(20,21)18-9-10-19-26(22,23)14-7-8-16(24-2)15(17)11-14/h3-8,11,18-19H,9-10H2,1-2H3. The van der Waals surface area contributed by atoms with E-state index in [1.807, 2.05) is 6.92 Å². The van der Waals surface area contributed by atoms with E-state index in [9.17, 15) is 16.8 Å². The molecule has 26 heavy (non-hydrogen) atoms. The Morgan fingerprint density at radius 2 is 1.38 bits per heavy atom. The van der Waals surface area contributed by atoms with E-state index in [0.29, 0.717) is 5.75 Å². The number of methoxy groups -OCH3 is 1. The zero-order chi connectivity index (χ0) is 19.4. The number of ether oxygens (including phenoxy) is 1. The molecule has 0 aromatic heterocycles. The predicted molar refractivity (Wildman–Crippen MR) is 99.6 cm³/mol. The topological polar surface area (TPSA) is 102 Å². The largest absolute Gasteiger partial charge is 0.495 e. The second-order valence-corrected chi connectivity index (χ2v) is 9.35. The summed E-state index contributed by atoms with van der Waals surface area (Å²) in [6, 6.07) is 10.4. The van der Waals surface area contributed by atoms with Crippen LogP contribution >= 0.6 is 11.6 Å². The molecular weight excluding hydrogens is 400 g/mol. The molecule has 0 heterocycles. The van der Waals surface area contributed by atoms with Crippen LogP contribution in [0.15, 0.2) is 52.3 Å². The predicted octanol–water partition coefficient (Wildman–Crippen LogP) is 1.91. The Balaban J connectivity index is 1.96. The lowest BCUT2D eigenvalue weighted by Crippen LogP contribution is -2.34. The van der Waals surface area contributed by atoms with Crippen molar-refractivity contribution >= 4 is 31.6 Å². The van der Waals surface area contributed by atoms with Crippen molar-refractivity contribution < 1.29 is 21.6 Å². The molecule has 0 aliphatic heterocycles. The van der Waals surface area contributed by atoms with Gasteiger partial charge in [0.2, 0.25) is 20.0 Å². The van der Waals surface area contributed by atoms with Crippen molar-refractivity contribution in [1.82, 2.24) is 9.44 Å². The summed E-state index contributed by atoms with van der Waals surface area (Å²) in [5.41, 5.74) is 0.940. The molecule has 0 aliphatic carbocycles. The van der Waals surface area contributed by atoms with E-state index in [0.717, 1.165) is 5.56 Å². The van der Waals surface area contributed by atoms with Gasteiger partial charge in [-0.15, -0.1) is 0 Å². The number of hydrogen-bond donors (Lipinski definition) is 2. The fourth-order valence-electron chi connectivity index (χ4n) is 2.07. The number of aryl methyl sites for hydroxylation is 1. The Morgan fingerprint density at radius 3 is 1.88 bits per heavy atom. The second kappa shape index (κ2) is 8.36. The van der Waals surface area contributed by atoms with Crippen LogP contribution in [-0.2, 0) is 20.0 Å². The summed E-state index contributed by atoms with van der Waals surface area (Å²) in [6.07, 6.45) is 0. The molecule has 10 heteroatoms. The van der Waals surface area contributed by atoms with Crippen LogP contribution in [0.3, 0.4) is 0 Å². The number of halogens is 1. The Labute approximate surface area is 158 Å². The van der Waals surface area contributed by atoms with Crippen molar-refractivity contribution in [2.75, 3.05) is 20.2 Å². The lowest BCUT2D eigenvalue weighted by Gasteiger charge is -2.10. The smallest absolute Gasteiger partial charge is 0.240 e. The molecule has 0 aliphatic rings. The lowest BCUT2D eigenvalue weighted by molar-refractivity contribution is 0.414. The summed E-state index contributed by atoms with van der Waals surface area (Å²) in [6.45, 7) is 1.64. The molecule has 2 N–H and O–H groups in total. The fraction of sp³-hybridized carbons (Fsp3) is 0.250. The first-order valence-corrected chi connectivity index (χ1v) is 10.9. The van der Waals surface area contributed by atoms with Gasteiger partial charge in [0.05, 0.1) is 21.9 Å². The molecule has 0 fully saturated rings. The van der Waals surface area contributed by atoms with Gasteiger partial charge in [0.25, 0.3) is 0 Å². The molecule has 0 atom stereocenters. The van der Waals surface area contributed by atoms with Crippen molar-refractivity contribution in [2.45, 2.75) is 16.7 Å². The van der Waals surface area contributed by atoms with Gasteiger partial charge in [-0.25, -0.2) is 26.3 Å². The summed E-state index contributed by atoms with van der Waals surface area (Å²) in [5.74, 6) is 0.358. The Kier molecular flexibility index (Phi) is 6.64. The van der Waals surface area contributed by atoms with Gasteiger partial charge in [0, 0.05) is 13.1 Å². The molecule has 0 bridgehead atoms. The van der Waals surface area contributed by atoms with Crippen molar-refractivity contribution in [3.05, 3.63) is 53.1 Å². The summed E-state index contributed by atoms with van der Waals surface area (Å²) >= 11 is 5.93. The van der Waals surface area contributed by atoms with Gasteiger partial charge in [-0.3, -0.25) is 0 Å². The lowest BCUT2D eigenvalue weighted by atomic mass is 10.2. The average Bonchev–Trinajstić information content (AvgIpc) is 2.59. The highest BCUT2D eigenvalue weighted by molar-refractivity contribution is 7.89. The minimum atomic E-state index is -3.82. The monoisotopic (exact) mass is 418 g/mol. The summed E-state index contributed by atoms with van der Waals surface area (Å²) in [4.78, 5) is 0.0811. The normalized spacial score (nSPS) is 12.1. The molecule has 0 radical (unpaired) electrons. The number of hydrogen-bond acceptors (Lipinski definition) is 5. The molecule has 0 unspecified atom stereocenters. The molecule has 0 amide bonds. The first-order chi connectivity index (χ1) is 12.2. The van der Waals surface area contributed by atoms with Crippen LogP contribution in [-0.4, -0.2) is 37.0 Å². The number of rotatable bonds is 8. The van der Waals surface area contributed by atoms with Crippen LogP contribution in [0.2, 0.25) is 5.02 Å².